The average Bonchev–Trinajstić information content (AvgIpc) is 2.61. The summed E-state index contributed by atoms with van der Waals surface area (Å²) in [5.41, 5.74) is 5.50. The zero-order valence-corrected chi connectivity index (χ0v) is 14.9. The monoisotopic (exact) mass is 349 g/mol. The van der Waals surface area contributed by atoms with Crippen LogP contribution in [0.1, 0.15) is 0 Å². The second-order valence-electron chi connectivity index (χ2n) is 4.53. The van der Waals surface area contributed by atoms with Crippen LogP contribution in [-0.2, 0) is 4.65 Å². The summed E-state index contributed by atoms with van der Waals surface area (Å²) in [6.45, 7) is 0.760. The molecule has 0 bridgehead atoms. The van der Waals surface area contributed by atoms with Crippen LogP contribution in [0.2, 0.25) is 0 Å². The van der Waals surface area contributed by atoms with Crippen molar-refractivity contribution in [3.8, 4) is 11.5 Å². The molecule has 122 valence electrons. The Balaban J connectivity index is 2.02. The van der Waals surface area contributed by atoms with Crippen molar-refractivity contribution >= 4 is 30.8 Å². The van der Waals surface area contributed by atoms with Crippen LogP contribution in [0.5, 0.6) is 11.5 Å². The molecule has 0 amide bonds. The molecule has 2 rings (SSSR count). The van der Waals surface area contributed by atoms with E-state index in [1.807, 2.05) is 61.0 Å². The lowest BCUT2D eigenvalue weighted by Gasteiger charge is -2.16. The molecule has 2 aromatic carbocycles. The van der Waals surface area contributed by atoms with Gasteiger partial charge in [0.15, 0.2) is 0 Å². The van der Waals surface area contributed by atoms with Gasteiger partial charge in [0.1, 0.15) is 11.5 Å². The van der Waals surface area contributed by atoms with Gasteiger partial charge in [-0.2, -0.15) is 0 Å². The standard InChI is InChI=1S/C16H20BNO3S2/c1-22-15-7-3-13(4-8-15)20-17(19-12-11-18)21-14-5-9-16(23-2)10-6-14/h3-10H,11-12,18H2,1-2H3. The molecule has 0 aliphatic carbocycles. The third-order valence-corrected chi connectivity index (χ3v) is 4.44. The van der Waals surface area contributed by atoms with Gasteiger partial charge >= 0.3 is 7.32 Å². The zero-order valence-electron chi connectivity index (χ0n) is 13.2. The van der Waals surface area contributed by atoms with Crippen molar-refractivity contribution in [2.24, 2.45) is 5.73 Å². The largest absolute Gasteiger partial charge is 0.788 e. The van der Waals surface area contributed by atoms with Gasteiger partial charge in [-0.1, -0.05) is 0 Å². The Morgan fingerprint density at radius 1 is 0.826 bits per heavy atom. The minimum Gasteiger partial charge on any atom is -0.501 e. The van der Waals surface area contributed by atoms with E-state index in [4.69, 9.17) is 19.7 Å². The molecule has 0 saturated heterocycles. The van der Waals surface area contributed by atoms with Crippen molar-refractivity contribution in [3.63, 3.8) is 0 Å². The fourth-order valence-electron chi connectivity index (χ4n) is 1.79. The molecule has 0 aliphatic rings. The van der Waals surface area contributed by atoms with E-state index in [-0.39, 0.29) is 0 Å². The van der Waals surface area contributed by atoms with E-state index in [9.17, 15) is 0 Å². The van der Waals surface area contributed by atoms with Crippen LogP contribution >= 0.6 is 23.5 Å². The highest BCUT2D eigenvalue weighted by molar-refractivity contribution is 7.98. The van der Waals surface area contributed by atoms with Gasteiger partial charge in [-0.3, -0.25) is 0 Å². The number of hydrogen-bond donors (Lipinski definition) is 1. The maximum absolute atomic E-state index is 5.76. The summed E-state index contributed by atoms with van der Waals surface area (Å²) in [5, 5.41) is 0. The Kier molecular flexibility index (Phi) is 7.68. The summed E-state index contributed by atoms with van der Waals surface area (Å²) >= 11 is 3.36. The van der Waals surface area contributed by atoms with E-state index in [1.54, 1.807) is 23.5 Å². The first kappa shape index (κ1) is 18.1. The fraction of sp³-hybridized carbons (Fsp3) is 0.250. The maximum Gasteiger partial charge on any atom is 0.788 e. The molecular formula is C16H20BNO3S2. The first-order chi connectivity index (χ1) is 11.2. The molecule has 0 aliphatic heterocycles. The molecule has 0 spiro atoms. The summed E-state index contributed by atoms with van der Waals surface area (Å²) in [5.74, 6) is 1.37. The van der Waals surface area contributed by atoms with E-state index < -0.39 is 7.32 Å². The molecular weight excluding hydrogens is 329 g/mol. The van der Waals surface area contributed by atoms with E-state index >= 15 is 0 Å². The van der Waals surface area contributed by atoms with Crippen LogP contribution in [0, 0.1) is 0 Å². The Morgan fingerprint density at radius 3 is 1.61 bits per heavy atom. The first-order valence-electron chi connectivity index (χ1n) is 7.18. The predicted octanol–water partition coefficient (Wildman–Crippen LogP) is 3.55. The fourth-order valence-corrected chi connectivity index (χ4v) is 2.60. The Hall–Kier alpha value is -1.28. The molecule has 0 radical (unpaired) electrons. The molecule has 0 unspecified atom stereocenters. The topological polar surface area (TPSA) is 53.7 Å². The molecule has 4 nitrogen and oxygen atoms in total. The van der Waals surface area contributed by atoms with E-state index in [0.717, 1.165) is 0 Å². The van der Waals surface area contributed by atoms with Crippen LogP contribution < -0.4 is 15.0 Å². The highest BCUT2D eigenvalue weighted by Gasteiger charge is 2.26. The molecule has 0 fully saturated rings. The molecule has 0 aromatic heterocycles. The molecule has 2 N–H and O–H groups in total. The Morgan fingerprint density at radius 2 is 1.26 bits per heavy atom. The summed E-state index contributed by atoms with van der Waals surface area (Å²) in [4.78, 5) is 2.34. The molecule has 23 heavy (non-hydrogen) atoms. The summed E-state index contributed by atoms with van der Waals surface area (Å²) in [6.07, 6.45) is 4.06. The van der Waals surface area contributed by atoms with Crippen molar-refractivity contribution in [2.45, 2.75) is 9.79 Å². The Labute approximate surface area is 146 Å². The van der Waals surface area contributed by atoms with E-state index in [1.165, 1.54) is 9.79 Å². The van der Waals surface area contributed by atoms with Gasteiger partial charge in [0.25, 0.3) is 0 Å². The summed E-state index contributed by atoms with van der Waals surface area (Å²) < 4.78 is 17.1. The van der Waals surface area contributed by atoms with Crippen LogP contribution in [0.4, 0.5) is 0 Å². The second kappa shape index (κ2) is 9.77. The van der Waals surface area contributed by atoms with Gasteiger partial charge < -0.3 is 19.7 Å². The van der Waals surface area contributed by atoms with Crippen LogP contribution in [-0.4, -0.2) is 33.0 Å². The van der Waals surface area contributed by atoms with Gasteiger partial charge in [-0.25, -0.2) is 0 Å². The highest BCUT2D eigenvalue weighted by Crippen LogP contribution is 2.22. The lowest BCUT2D eigenvalue weighted by atomic mass is 10.2. The van der Waals surface area contributed by atoms with Crippen molar-refractivity contribution in [2.75, 3.05) is 25.7 Å². The number of benzene rings is 2. The van der Waals surface area contributed by atoms with Crippen molar-refractivity contribution in [1.29, 1.82) is 0 Å². The molecule has 0 atom stereocenters. The number of rotatable bonds is 9. The lowest BCUT2D eigenvalue weighted by Crippen LogP contribution is -2.35. The van der Waals surface area contributed by atoms with Gasteiger partial charge in [-0.15, -0.1) is 23.5 Å². The normalized spacial score (nSPS) is 10.4. The second-order valence-corrected chi connectivity index (χ2v) is 6.29. The highest BCUT2D eigenvalue weighted by atomic mass is 32.2. The Bertz CT molecular complexity index is 531. The van der Waals surface area contributed by atoms with Crippen molar-refractivity contribution < 1.29 is 14.0 Å². The van der Waals surface area contributed by atoms with Crippen molar-refractivity contribution in [1.82, 2.24) is 0 Å². The number of thioether (sulfide) groups is 2. The zero-order chi connectivity index (χ0) is 16.5. The number of hydrogen-bond acceptors (Lipinski definition) is 6. The molecule has 7 heteroatoms. The van der Waals surface area contributed by atoms with Gasteiger partial charge in [0, 0.05) is 22.9 Å². The maximum atomic E-state index is 5.76. The minimum atomic E-state index is -0.834. The van der Waals surface area contributed by atoms with Gasteiger partial charge in [0.2, 0.25) is 0 Å². The molecule has 0 heterocycles. The third kappa shape index (κ3) is 6.03. The van der Waals surface area contributed by atoms with E-state index in [2.05, 4.69) is 0 Å². The quantitative estimate of drug-likeness (QED) is 0.552. The van der Waals surface area contributed by atoms with Crippen LogP contribution in [0.15, 0.2) is 58.3 Å². The lowest BCUT2D eigenvalue weighted by molar-refractivity contribution is 0.206. The average molecular weight is 349 g/mol. The predicted molar refractivity (Wildman–Crippen MR) is 98.5 cm³/mol. The molecule has 0 saturated carbocycles. The van der Waals surface area contributed by atoms with Crippen LogP contribution in [0.25, 0.3) is 0 Å². The smallest absolute Gasteiger partial charge is 0.501 e. The van der Waals surface area contributed by atoms with Gasteiger partial charge in [-0.05, 0) is 61.0 Å². The summed E-state index contributed by atoms with van der Waals surface area (Å²) in [7, 11) is -0.834. The third-order valence-electron chi connectivity index (χ3n) is 2.96. The molecule has 2 aromatic rings. The van der Waals surface area contributed by atoms with Gasteiger partial charge in [0.05, 0.1) is 0 Å². The number of nitrogens with two attached hydrogens (primary N) is 1. The van der Waals surface area contributed by atoms with Crippen LogP contribution in [0.3, 0.4) is 0 Å². The minimum absolute atomic E-state index is 0.358. The van der Waals surface area contributed by atoms with E-state index in [0.29, 0.717) is 24.7 Å². The summed E-state index contributed by atoms with van der Waals surface area (Å²) in [6, 6.07) is 15.5. The SMILES string of the molecule is CSc1ccc(OB(OCCN)Oc2ccc(SC)cc2)cc1. The van der Waals surface area contributed by atoms with Crippen molar-refractivity contribution in [3.05, 3.63) is 48.5 Å². The first-order valence-corrected chi connectivity index (χ1v) is 9.63.